The first-order chi connectivity index (χ1) is 11.7. The van der Waals surface area contributed by atoms with E-state index in [1.807, 2.05) is 30.3 Å². The molecule has 24 heavy (non-hydrogen) atoms. The van der Waals surface area contributed by atoms with E-state index in [9.17, 15) is 0 Å². The van der Waals surface area contributed by atoms with Crippen LogP contribution in [-0.4, -0.2) is 25.2 Å². The maximum atomic E-state index is 5.73. The Labute approximate surface area is 142 Å². The van der Waals surface area contributed by atoms with Crippen LogP contribution in [0.3, 0.4) is 0 Å². The van der Waals surface area contributed by atoms with Gasteiger partial charge in [0.1, 0.15) is 5.52 Å². The summed E-state index contributed by atoms with van der Waals surface area (Å²) in [6, 6.07) is 13.9. The Bertz CT molecular complexity index is 954. The number of fused-ring (bicyclic) bond motifs is 1. The molecule has 0 N–H and O–H groups in total. The molecule has 6 nitrogen and oxygen atoms in total. The van der Waals surface area contributed by atoms with Crippen molar-refractivity contribution in [1.29, 1.82) is 0 Å². The van der Waals surface area contributed by atoms with E-state index in [4.69, 9.17) is 4.42 Å². The molecule has 0 aliphatic heterocycles. The van der Waals surface area contributed by atoms with Crippen LogP contribution in [0.15, 0.2) is 52.1 Å². The quantitative estimate of drug-likeness (QED) is 0.529. The lowest BCUT2D eigenvalue weighted by atomic mass is 10.1. The Morgan fingerprint density at radius 3 is 2.62 bits per heavy atom. The number of hydrogen-bond donors (Lipinski definition) is 0. The SMILES string of the molecule is Cc1cccc(C)c1-n1nnnc1CSc1nc2ccccc2o1. The average molecular weight is 337 g/mol. The third-order valence-electron chi connectivity index (χ3n) is 3.78. The van der Waals surface area contributed by atoms with Gasteiger partial charge >= 0.3 is 0 Å². The van der Waals surface area contributed by atoms with Crippen LogP contribution in [-0.2, 0) is 5.75 Å². The molecule has 0 aliphatic carbocycles. The van der Waals surface area contributed by atoms with Crippen molar-refractivity contribution in [3.8, 4) is 5.69 Å². The number of nitrogens with zero attached hydrogens (tertiary/aromatic N) is 5. The summed E-state index contributed by atoms with van der Waals surface area (Å²) < 4.78 is 7.53. The van der Waals surface area contributed by atoms with Crippen LogP contribution >= 0.6 is 11.8 Å². The molecule has 0 bridgehead atoms. The number of tetrazole rings is 1. The van der Waals surface area contributed by atoms with Gasteiger partial charge in [0.25, 0.3) is 5.22 Å². The highest BCUT2D eigenvalue weighted by Gasteiger charge is 2.14. The Hall–Kier alpha value is -2.67. The number of para-hydroxylation sites is 3. The monoisotopic (exact) mass is 337 g/mol. The molecule has 120 valence electrons. The minimum atomic E-state index is 0.577. The molecular formula is C17H15N5OS. The van der Waals surface area contributed by atoms with E-state index in [0.717, 1.165) is 33.7 Å². The van der Waals surface area contributed by atoms with E-state index in [1.165, 1.54) is 11.8 Å². The fraction of sp³-hybridized carbons (Fsp3) is 0.176. The molecule has 2 heterocycles. The van der Waals surface area contributed by atoms with E-state index in [-0.39, 0.29) is 0 Å². The average Bonchev–Trinajstić information content (AvgIpc) is 3.19. The second-order valence-electron chi connectivity index (χ2n) is 5.48. The number of aryl methyl sites for hydroxylation is 2. The molecule has 0 unspecified atom stereocenters. The van der Waals surface area contributed by atoms with Crippen LogP contribution < -0.4 is 0 Å². The maximum absolute atomic E-state index is 5.73. The molecule has 7 heteroatoms. The molecule has 0 spiro atoms. The minimum absolute atomic E-state index is 0.577. The first-order valence-corrected chi connectivity index (χ1v) is 8.53. The number of benzene rings is 2. The normalized spacial score (nSPS) is 11.2. The lowest BCUT2D eigenvalue weighted by Gasteiger charge is -2.10. The van der Waals surface area contributed by atoms with Gasteiger partial charge in [-0.1, -0.05) is 42.1 Å². The van der Waals surface area contributed by atoms with Gasteiger partial charge in [-0.05, 0) is 47.5 Å². The largest absolute Gasteiger partial charge is 0.431 e. The first kappa shape index (κ1) is 14.9. The molecule has 0 saturated heterocycles. The molecule has 0 aliphatic rings. The summed E-state index contributed by atoms with van der Waals surface area (Å²) in [5.41, 5.74) is 4.94. The lowest BCUT2D eigenvalue weighted by Crippen LogP contribution is -2.06. The topological polar surface area (TPSA) is 69.6 Å². The van der Waals surface area contributed by atoms with Gasteiger partial charge in [0, 0.05) is 0 Å². The van der Waals surface area contributed by atoms with Gasteiger partial charge in [0.05, 0.1) is 11.4 Å². The van der Waals surface area contributed by atoms with Crippen molar-refractivity contribution in [1.82, 2.24) is 25.2 Å². The standard InChI is InChI=1S/C17H15N5OS/c1-11-6-5-7-12(2)16(11)22-15(19-20-21-22)10-24-17-18-13-8-3-4-9-14(13)23-17/h3-9H,10H2,1-2H3. The van der Waals surface area contributed by atoms with Crippen LogP contribution in [0.4, 0.5) is 0 Å². The molecule has 2 aromatic heterocycles. The highest BCUT2D eigenvalue weighted by Crippen LogP contribution is 2.27. The molecule has 2 aromatic carbocycles. The smallest absolute Gasteiger partial charge is 0.257 e. The van der Waals surface area contributed by atoms with Gasteiger partial charge in [-0.15, -0.1) is 5.10 Å². The summed E-state index contributed by atoms with van der Waals surface area (Å²) in [6.07, 6.45) is 0. The van der Waals surface area contributed by atoms with Crippen molar-refractivity contribution in [2.45, 2.75) is 24.8 Å². The van der Waals surface area contributed by atoms with E-state index in [2.05, 4.69) is 46.5 Å². The van der Waals surface area contributed by atoms with Crippen LogP contribution in [0.25, 0.3) is 16.8 Å². The number of rotatable bonds is 4. The van der Waals surface area contributed by atoms with Gasteiger partial charge in [-0.2, -0.15) is 4.68 Å². The maximum Gasteiger partial charge on any atom is 0.257 e. The minimum Gasteiger partial charge on any atom is -0.431 e. The van der Waals surface area contributed by atoms with Gasteiger partial charge in [-0.25, -0.2) is 4.98 Å². The van der Waals surface area contributed by atoms with Crippen molar-refractivity contribution < 1.29 is 4.42 Å². The summed E-state index contributed by atoms with van der Waals surface area (Å²) in [6.45, 7) is 4.11. The summed E-state index contributed by atoms with van der Waals surface area (Å²) in [5.74, 6) is 1.34. The molecule has 0 fully saturated rings. The Morgan fingerprint density at radius 1 is 1.04 bits per heavy atom. The van der Waals surface area contributed by atoms with Crippen LogP contribution in [0, 0.1) is 13.8 Å². The van der Waals surface area contributed by atoms with E-state index < -0.39 is 0 Å². The predicted octanol–water partition coefficient (Wildman–Crippen LogP) is 3.71. The van der Waals surface area contributed by atoms with Crippen LogP contribution in [0.1, 0.15) is 17.0 Å². The number of thioether (sulfide) groups is 1. The van der Waals surface area contributed by atoms with Crippen molar-refractivity contribution in [3.05, 3.63) is 59.4 Å². The van der Waals surface area contributed by atoms with E-state index in [0.29, 0.717) is 11.0 Å². The van der Waals surface area contributed by atoms with Crippen molar-refractivity contribution in [2.24, 2.45) is 0 Å². The zero-order valence-electron chi connectivity index (χ0n) is 13.3. The zero-order valence-corrected chi connectivity index (χ0v) is 14.1. The molecule has 0 radical (unpaired) electrons. The lowest BCUT2D eigenvalue weighted by molar-refractivity contribution is 0.489. The predicted molar refractivity (Wildman–Crippen MR) is 92.2 cm³/mol. The van der Waals surface area contributed by atoms with Crippen LogP contribution in [0.5, 0.6) is 0 Å². The highest BCUT2D eigenvalue weighted by atomic mass is 32.2. The molecular weight excluding hydrogens is 322 g/mol. The van der Waals surface area contributed by atoms with Crippen molar-refractivity contribution >= 4 is 22.9 Å². The number of hydrogen-bond acceptors (Lipinski definition) is 6. The molecule has 0 amide bonds. The number of aromatic nitrogens is 5. The highest BCUT2D eigenvalue weighted by molar-refractivity contribution is 7.98. The van der Waals surface area contributed by atoms with E-state index in [1.54, 1.807) is 4.68 Å². The summed E-state index contributed by atoms with van der Waals surface area (Å²) in [7, 11) is 0. The van der Waals surface area contributed by atoms with Gasteiger partial charge in [-0.3, -0.25) is 0 Å². The molecule has 0 atom stereocenters. The number of oxazole rings is 1. The summed E-state index contributed by atoms with van der Waals surface area (Å²) >= 11 is 1.48. The van der Waals surface area contributed by atoms with Gasteiger partial charge in [0.15, 0.2) is 11.4 Å². The molecule has 4 aromatic rings. The Balaban J connectivity index is 1.61. The second-order valence-corrected chi connectivity index (χ2v) is 6.41. The van der Waals surface area contributed by atoms with Gasteiger partial charge in [0.2, 0.25) is 0 Å². The van der Waals surface area contributed by atoms with E-state index >= 15 is 0 Å². The summed E-state index contributed by atoms with van der Waals surface area (Å²) in [4.78, 5) is 4.47. The molecule has 0 saturated carbocycles. The van der Waals surface area contributed by atoms with Crippen LogP contribution in [0.2, 0.25) is 0 Å². The second kappa shape index (κ2) is 6.09. The third kappa shape index (κ3) is 2.67. The van der Waals surface area contributed by atoms with Crippen molar-refractivity contribution in [2.75, 3.05) is 0 Å². The fourth-order valence-corrected chi connectivity index (χ4v) is 3.39. The molecule has 4 rings (SSSR count). The first-order valence-electron chi connectivity index (χ1n) is 7.54. The fourth-order valence-electron chi connectivity index (χ4n) is 2.65. The summed E-state index contributed by atoms with van der Waals surface area (Å²) in [5, 5.41) is 12.8. The Kier molecular flexibility index (Phi) is 3.78. The zero-order chi connectivity index (χ0) is 16.5. The van der Waals surface area contributed by atoms with Crippen molar-refractivity contribution in [3.63, 3.8) is 0 Å². The Morgan fingerprint density at radius 2 is 1.83 bits per heavy atom. The third-order valence-corrected chi connectivity index (χ3v) is 4.61. The van der Waals surface area contributed by atoms with Gasteiger partial charge < -0.3 is 4.42 Å².